The highest BCUT2D eigenvalue weighted by molar-refractivity contribution is 4.82. The molecule has 0 aromatic rings. The summed E-state index contributed by atoms with van der Waals surface area (Å²) in [6.45, 7) is 1.56. The average Bonchev–Trinajstić information content (AvgIpc) is 2.80. The summed E-state index contributed by atoms with van der Waals surface area (Å²) in [6.07, 6.45) is 16.3. The number of hydrogen-bond donors (Lipinski definition) is 0. The van der Waals surface area contributed by atoms with Gasteiger partial charge in [0.25, 0.3) is 0 Å². The van der Waals surface area contributed by atoms with Gasteiger partial charge < -0.3 is 9.47 Å². The summed E-state index contributed by atoms with van der Waals surface area (Å²) in [7, 11) is 0. The van der Waals surface area contributed by atoms with Crippen LogP contribution >= 0.6 is 0 Å². The Kier molecular flexibility index (Phi) is 8.20. The molecule has 0 aliphatic carbocycles. The highest BCUT2D eigenvalue weighted by Gasteiger charge is 2.14. The van der Waals surface area contributed by atoms with Crippen LogP contribution in [0.15, 0.2) is 0 Å². The van der Waals surface area contributed by atoms with Crippen molar-refractivity contribution in [3.63, 3.8) is 0 Å². The van der Waals surface area contributed by atoms with Crippen LogP contribution in [-0.2, 0) is 9.47 Å². The predicted octanol–water partition coefficient (Wildman–Crippen LogP) is 3.50. The molecule has 1 aliphatic heterocycles. The molecule has 16 heavy (non-hydrogen) atoms. The molecule has 0 spiro atoms. The van der Waals surface area contributed by atoms with Crippen molar-refractivity contribution in [2.45, 2.75) is 64.1 Å². The minimum absolute atomic E-state index is 0.0932. The molecule has 1 fully saturated rings. The van der Waals surface area contributed by atoms with Gasteiger partial charge in [0, 0.05) is 6.42 Å². The van der Waals surface area contributed by atoms with Crippen molar-refractivity contribution < 1.29 is 9.47 Å². The zero-order valence-electron chi connectivity index (χ0n) is 10.2. The predicted molar refractivity (Wildman–Crippen MR) is 66.1 cm³/mol. The van der Waals surface area contributed by atoms with Crippen LogP contribution in [0, 0.1) is 12.3 Å². The Morgan fingerprint density at radius 3 is 2.06 bits per heavy atom. The van der Waals surface area contributed by atoms with Crippen LogP contribution < -0.4 is 0 Å². The lowest BCUT2D eigenvalue weighted by Crippen LogP contribution is -2.06. The van der Waals surface area contributed by atoms with Gasteiger partial charge in [0.05, 0.1) is 13.2 Å². The largest absolute Gasteiger partial charge is 0.350 e. The number of hydrogen-bond acceptors (Lipinski definition) is 2. The quantitative estimate of drug-likeness (QED) is 0.441. The Morgan fingerprint density at radius 2 is 1.44 bits per heavy atom. The molecule has 92 valence electrons. The Bertz CT molecular complexity index is 189. The summed E-state index contributed by atoms with van der Waals surface area (Å²) in [5.74, 6) is 2.68. The topological polar surface area (TPSA) is 18.5 Å². The summed E-state index contributed by atoms with van der Waals surface area (Å²) < 4.78 is 10.8. The fraction of sp³-hybridized carbons (Fsp3) is 0.857. The zero-order valence-corrected chi connectivity index (χ0v) is 10.2. The van der Waals surface area contributed by atoms with Crippen molar-refractivity contribution in [3.05, 3.63) is 0 Å². The maximum Gasteiger partial charge on any atom is 0.157 e. The van der Waals surface area contributed by atoms with E-state index < -0.39 is 0 Å². The van der Waals surface area contributed by atoms with Gasteiger partial charge in [0.1, 0.15) is 0 Å². The first-order valence-corrected chi connectivity index (χ1v) is 6.60. The molecule has 1 rings (SSSR count). The summed E-state index contributed by atoms with van der Waals surface area (Å²) in [5.41, 5.74) is 0. The minimum atomic E-state index is 0.0932. The fourth-order valence-electron chi connectivity index (χ4n) is 2.00. The van der Waals surface area contributed by atoms with E-state index in [4.69, 9.17) is 15.9 Å². The first-order chi connectivity index (χ1) is 7.93. The van der Waals surface area contributed by atoms with E-state index in [1.165, 1.54) is 44.9 Å². The molecule has 1 saturated heterocycles. The van der Waals surface area contributed by atoms with E-state index in [1.54, 1.807) is 0 Å². The summed E-state index contributed by atoms with van der Waals surface area (Å²) in [5, 5.41) is 0. The van der Waals surface area contributed by atoms with Crippen molar-refractivity contribution in [1.82, 2.24) is 0 Å². The van der Waals surface area contributed by atoms with Crippen LogP contribution in [0.1, 0.15) is 57.8 Å². The first-order valence-electron chi connectivity index (χ1n) is 6.60. The molecule has 0 atom stereocenters. The summed E-state index contributed by atoms with van der Waals surface area (Å²) >= 11 is 0. The van der Waals surface area contributed by atoms with E-state index in [9.17, 15) is 0 Å². The van der Waals surface area contributed by atoms with Gasteiger partial charge in [-0.1, -0.05) is 32.1 Å². The maximum atomic E-state index is 5.38. The van der Waals surface area contributed by atoms with Gasteiger partial charge in [-0.2, -0.15) is 0 Å². The van der Waals surface area contributed by atoms with Gasteiger partial charge in [-0.25, -0.2) is 0 Å². The third-order valence-corrected chi connectivity index (χ3v) is 2.95. The highest BCUT2D eigenvalue weighted by atomic mass is 16.7. The summed E-state index contributed by atoms with van der Waals surface area (Å²) in [4.78, 5) is 0. The van der Waals surface area contributed by atoms with Gasteiger partial charge in [-0.15, -0.1) is 12.3 Å². The number of ether oxygens (including phenoxy) is 2. The third-order valence-electron chi connectivity index (χ3n) is 2.95. The number of rotatable bonds is 9. The number of terminal acetylenes is 1. The Balaban J connectivity index is 1.73. The standard InChI is InChI=1S/C14H24O2/c1-2-3-4-5-6-7-8-9-10-11-14-15-12-13-16-14/h1,14H,3-13H2. The lowest BCUT2D eigenvalue weighted by molar-refractivity contribution is -0.0480. The second kappa shape index (κ2) is 9.69. The second-order valence-corrected chi connectivity index (χ2v) is 4.39. The van der Waals surface area contributed by atoms with Crippen LogP contribution in [0.3, 0.4) is 0 Å². The first kappa shape index (κ1) is 13.5. The molecule has 0 bridgehead atoms. The molecular formula is C14H24O2. The monoisotopic (exact) mass is 224 g/mol. The van der Waals surface area contributed by atoms with E-state index >= 15 is 0 Å². The van der Waals surface area contributed by atoms with Crippen molar-refractivity contribution in [3.8, 4) is 12.3 Å². The normalized spacial score (nSPS) is 16.4. The van der Waals surface area contributed by atoms with Gasteiger partial charge in [0.2, 0.25) is 0 Å². The molecule has 0 saturated carbocycles. The van der Waals surface area contributed by atoms with Crippen molar-refractivity contribution in [2.24, 2.45) is 0 Å². The van der Waals surface area contributed by atoms with Crippen molar-refractivity contribution >= 4 is 0 Å². The minimum Gasteiger partial charge on any atom is -0.350 e. The highest BCUT2D eigenvalue weighted by Crippen LogP contribution is 2.14. The molecule has 2 nitrogen and oxygen atoms in total. The van der Waals surface area contributed by atoms with Crippen LogP contribution in [0.5, 0.6) is 0 Å². The van der Waals surface area contributed by atoms with Gasteiger partial charge in [0.15, 0.2) is 6.29 Å². The Hall–Kier alpha value is -0.520. The molecular weight excluding hydrogens is 200 g/mol. The summed E-state index contributed by atoms with van der Waals surface area (Å²) in [6, 6.07) is 0. The van der Waals surface area contributed by atoms with Gasteiger partial charge >= 0.3 is 0 Å². The zero-order chi connectivity index (χ0) is 11.5. The molecule has 1 aliphatic rings. The van der Waals surface area contributed by atoms with Crippen molar-refractivity contribution in [2.75, 3.05) is 13.2 Å². The fourth-order valence-corrected chi connectivity index (χ4v) is 2.00. The third kappa shape index (κ3) is 6.87. The lowest BCUT2D eigenvalue weighted by Gasteiger charge is -2.07. The molecule has 0 amide bonds. The van der Waals surface area contributed by atoms with Gasteiger partial charge in [-0.05, 0) is 19.3 Å². The van der Waals surface area contributed by atoms with E-state index in [1.807, 2.05) is 0 Å². The molecule has 1 heterocycles. The van der Waals surface area contributed by atoms with E-state index in [-0.39, 0.29) is 6.29 Å². The maximum absolute atomic E-state index is 5.38. The van der Waals surface area contributed by atoms with E-state index in [0.29, 0.717) is 0 Å². The molecule has 0 aromatic carbocycles. The molecule has 0 aromatic heterocycles. The molecule has 2 heteroatoms. The SMILES string of the molecule is C#CCCCCCCCCCC1OCCO1. The van der Waals surface area contributed by atoms with Crippen LogP contribution in [0.4, 0.5) is 0 Å². The average molecular weight is 224 g/mol. The van der Waals surface area contributed by atoms with Crippen molar-refractivity contribution in [1.29, 1.82) is 0 Å². The second-order valence-electron chi connectivity index (χ2n) is 4.39. The smallest absolute Gasteiger partial charge is 0.157 e. The van der Waals surface area contributed by atoms with Gasteiger partial charge in [-0.3, -0.25) is 0 Å². The van der Waals surface area contributed by atoms with E-state index in [0.717, 1.165) is 26.1 Å². The van der Waals surface area contributed by atoms with Crippen LogP contribution in [-0.4, -0.2) is 19.5 Å². The molecule has 0 N–H and O–H groups in total. The molecule has 0 unspecified atom stereocenters. The molecule has 0 radical (unpaired) electrons. The Morgan fingerprint density at radius 1 is 0.875 bits per heavy atom. The lowest BCUT2D eigenvalue weighted by atomic mass is 10.1. The Labute approximate surface area is 99.7 Å². The number of unbranched alkanes of at least 4 members (excludes halogenated alkanes) is 7. The van der Waals surface area contributed by atoms with Crippen LogP contribution in [0.25, 0.3) is 0 Å². The van der Waals surface area contributed by atoms with Crippen LogP contribution in [0.2, 0.25) is 0 Å². The van der Waals surface area contributed by atoms with E-state index in [2.05, 4.69) is 5.92 Å².